The molecule has 0 unspecified atom stereocenters. The first kappa shape index (κ1) is 14.9. The van der Waals surface area contributed by atoms with E-state index in [1.807, 2.05) is 6.92 Å². The molecule has 0 fully saturated rings. The van der Waals surface area contributed by atoms with E-state index in [1.165, 1.54) is 0 Å². The fourth-order valence-electron chi connectivity index (χ4n) is 1.14. The molecule has 0 aromatic heterocycles. The summed E-state index contributed by atoms with van der Waals surface area (Å²) in [6.45, 7) is 4.59. The van der Waals surface area contributed by atoms with Gasteiger partial charge in [-0.2, -0.15) is 0 Å². The maximum absolute atomic E-state index is 11.3. The van der Waals surface area contributed by atoms with Gasteiger partial charge in [0.05, 0.1) is 12.4 Å². The van der Waals surface area contributed by atoms with E-state index in [4.69, 9.17) is 4.84 Å². The van der Waals surface area contributed by atoms with E-state index < -0.39 is 10.0 Å². The Kier molecular flexibility index (Phi) is 9.04. The van der Waals surface area contributed by atoms with Gasteiger partial charge in [0.2, 0.25) is 10.0 Å². The van der Waals surface area contributed by atoms with Crippen molar-refractivity contribution in [3.8, 4) is 0 Å². The zero-order valence-electron chi connectivity index (χ0n) is 9.79. The van der Waals surface area contributed by atoms with Crippen LogP contribution in [0.5, 0.6) is 0 Å². The molecular weight excluding hydrogens is 214 g/mol. The Balaban J connectivity index is 3.47. The van der Waals surface area contributed by atoms with Gasteiger partial charge in [-0.1, -0.05) is 44.4 Å². The normalized spacial score (nSPS) is 11.9. The summed E-state index contributed by atoms with van der Waals surface area (Å²) in [5.74, 6) is 0.161. The molecule has 0 heterocycles. The molecule has 0 atom stereocenters. The monoisotopic (exact) mass is 237 g/mol. The minimum absolute atomic E-state index is 0.161. The Hall–Kier alpha value is -0.130. The van der Waals surface area contributed by atoms with Crippen molar-refractivity contribution < 1.29 is 13.3 Å². The lowest BCUT2D eigenvalue weighted by molar-refractivity contribution is 0.0899. The van der Waals surface area contributed by atoms with Crippen molar-refractivity contribution in [1.82, 2.24) is 4.89 Å². The van der Waals surface area contributed by atoms with E-state index in [-0.39, 0.29) is 5.75 Å². The summed E-state index contributed by atoms with van der Waals surface area (Å²) < 4.78 is 22.6. The molecule has 1 N–H and O–H groups in total. The maximum atomic E-state index is 11.3. The van der Waals surface area contributed by atoms with Crippen LogP contribution in [-0.2, 0) is 14.9 Å². The predicted octanol–water partition coefficient (Wildman–Crippen LogP) is 2.22. The highest BCUT2D eigenvalue weighted by molar-refractivity contribution is 7.89. The van der Waals surface area contributed by atoms with Crippen LogP contribution in [0.2, 0.25) is 0 Å². The average Bonchev–Trinajstić information content (AvgIpc) is 2.17. The number of rotatable bonds is 10. The summed E-state index contributed by atoms with van der Waals surface area (Å²) in [7, 11) is -3.21. The zero-order valence-corrected chi connectivity index (χ0v) is 10.6. The minimum atomic E-state index is -3.21. The first-order chi connectivity index (χ1) is 7.12. The third-order valence-corrected chi connectivity index (χ3v) is 3.25. The van der Waals surface area contributed by atoms with Gasteiger partial charge in [-0.05, 0) is 12.8 Å². The average molecular weight is 237 g/mol. The van der Waals surface area contributed by atoms with Gasteiger partial charge in [0.1, 0.15) is 0 Å². The van der Waals surface area contributed by atoms with Gasteiger partial charge < -0.3 is 0 Å². The minimum Gasteiger partial charge on any atom is -0.287 e. The Morgan fingerprint density at radius 3 is 2.20 bits per heavy atom. The smallest absolute Gasteiger partial charge is 0.233 e. The lowest BCUT2D eigenvalue weighted by Gasteiger charge is -2.06. The van der Waals surface area contributed by atoms with Crippen LogP contribution >= 0.6 is 0 Å². The molecule has 92 valence electrons. The van der Waals surface area contributed by atoms with E-state index in [0.717, 1.165) is 32.1 Å². The van der Waals surface area contributed by atoms with Gasteiger partial charge >= 0.3 is 0 Å². The van der Waals surface area contributed by atoms with E-state index in [9.17, 15) is 8.42 Å². The summed E-state index contributed by atoms with van der Waals surface area (Å²) in [6, 6.07) is 0. The van der Waals surface area contributed by atoms with E-state index >= 15 is 0 Å². The fraction of sp³-hybridized carbons (Fsp3) is 1.00. The van der Waals surface area contributed by atoms with Crippen LogP contribution in [0.15, 0.2) is 0 Å². The van der Waals surface area contributed by atoms with Gasteiger partial charge in [0.25, 0.3) is 0 Å². The van der Waals surface area contributed by atoms with Gasteiger partial charge in [-0.15, -0.1) is 0 Å². The maximum Gasteiger partial charge on any atom is 0.233 e. The van der Waals surface area contributed by atoms with Crippen LogP contribution in [0.1, 0.15) is 52.4 Å². The molecule has 4 nitrogen and oxygen atoms in total. The second kappa shape index (κ2) is 9.12. The number of hydrogen-bond acceptors (Lipinski definition) is 3. The van der Waals surface area contributed by atoms with Crippen LogP contribution in [0, 0.1) is 0 Å². The molecule has 0 spiro atoms. The fourth-order valence-corrected chi connectivity index (χ4v) is 2.07. The topological polar surface area (TPSA) is 55.4 Å². The summed E-state index contributed by atoms with van der Waals surface area (Å²) >= 11 is 0. The van der Waals surface area contributed by atoms with Crippen LogP contribution < -0.4 is 4.89 Å². The largest absolute Gasteiger partial charge is 0.287 e. The molecule has 0 aliphatic heterocycles. The molecule has 15 heavy (non-hydrogen) atoms. The molecule has 0 rings (SSSR count). The quantitative estimate of drug-likeness (QED) is 0.468. The van der Waals surface area contributed by atoms with Crippen molar-refractivity contribution in [2.45, 2.75) is 52.4 Å². The Labute approximate surface area is 93.4 Å². The number of nitrogens with one attached hydrogen (secondary N) is 1. The molecule has 0 radical (unpaired) electrons. The first-order valence-corrected chi connectivity index (χ1v) is 7.39. The number of sulfonamides is 1. The lowest BCUT2D eigenvalue weighted by atomic mass is 10.3. The molecule has 0 aromatic carbocycles. The summed E-state index contributed by atoms with van der Waals surface area (Å²) in [5, 5.41) is 0. The van der Waals surface area contributed by atoms with Crippen LogP contribution in [0.4, 0.5) is 0 Å². The molecule has 0 saturated carbocycles. The third kappa shape index (κ3) is 10.2. The standard InChI is InChI=1S/C10H23NO3S/c1-3-5-7-9-14-11-15(12,13)10-8-6-4-2/h11H,3-10H2,1-2H3. The molecule has 5 heteroatoms. The Bertz CT molecular complexity index is 227. The molecule has 0 bridgehead atoms. The second-order valence-corrected chi connectivity index (χ2v) is 5.47. The van der Waals surface area contributed by atoms with E-state index in [2.05, 4.69) is 11.8 Å². The highest BCUT2D eigenvalue weighted by Gasteiger charge is 2.08. The van der Waals surface area contributed by atoms with Crippen LogP contribution in [-0.4, -0.2) is 20.8 Å². The highest BCUT2D eigenvalue weighted by Crippen LogP contribution is 1.98. The molecule has 0 saturated heterocycles. The van der Waals surface area contributed by atoms with Gasteiger partial charge in [-0.25, -0.2) is 8.42 Å². The van der Waals surface area contributed by atoms with Crippen molar-refractivity contribution in [1.29, 1.82) is 0 Å². The van der Waals surface area contributed by atoms with E-state index in [1.54, 1.807) is 0 Å². The Morgan fingerprint density at radius 2 is 1.60 bits per heavy atom. The Morgan fingerprint density at radius 1 is 1.00 bits per heavy atom. The van der Waals surface area contributed by atoms with Crippen LogP contribution in [0.25, 0.3) is 0 Å². The zero-order chi connectivity index (χ0) is 11.6. The third-order valence-electron chi connectivity index (χ3n) is 2.05. The predicted molar refractivity (Wildman–Crippen MR) is 61.9 cm³/mol. The SMILES string of the molecule is CCCCCONS(=O)(=O)CCCCC. The van der Waals surface area contributed by atoms with Crippen LogP contribution in [0.3, 0.4) is 0 Å². The summed E-state index contributed by atoms with van der Waals surface area (Å²) in [6.07, 6.45) is 5.73. The lowest BCUT2D eigenvalue weighted by Crippen LogP contribution is -2.27. The van der Waals surface area contributed by atoms with Gasteiger partial charge in [-0.3, -0.25) is 4.84 Å². The van der Waals surface area contributed by atoms with Crippen molar-refractivity contribution in [2.24, 2.45) is 0 Å². The molecule has 0 aromatic rings. The number of unbranched alkanes of at least 4 members (excludes halogenated alkanes) is 4. The van der Waals surface area contributed by atoms with Crippen molar-refractivity contribution in [3.05, 3.63) is 0 Å². The molecule has 0 aliphatic rings. The van der Waals surface area contributed by atoms with E-state index in [0.29, 0.717) is 13.0 Å². The first-order valence-electron chi connectivity index (χ1n) is 5.73. The van der Waals surface area contributed by atoms with Crippen molar-refractivity contribution in [3.63, 3.8) is 0 Å². The van der Waals surface area contributed by atoms with Crippen molar-refractivity contribution in [2.75, 3.05) is 12.4 Å². The molecule has 0 aliphatic carbocycles. The summed E-state index contributed by atoms with van der Waals surface area (Å²) in [4.78, 5) is 7.04. The summed E-state index contributed by atoms with van der Waals surface area (Å²) in [5.41, 5.74) is 0. The van der Waals surface area contributed by atoms with Gasteiger partial charge in [0.15, 0.2) is 0 Å². The van der Waals surface area contributed by atoms with Gasteiger partial charge in [0, 0.05) is 0 Å². The second-order valence-electron chi connectivity index (χ2n) is 3.66. The molecular formula is C10H23NO3S. The highest BCUT2D eigenvalue weighted by atomic mass is 32.2. The molecule has 0 amide bonds. The van der Waals surface area contributed by atoms with Crippen molar-refractivity contribution >= 4 is 10.0 Å². The number of hydrogen-bond donors (Lipinski definition) is 1.